The predicted octanol–water partition coefficient (Wildman–Crippen LogP) is 5.40. The van der Waals surface area contributed by atoms with Crippen molar-refractivity contribution in [2.75, 3.05) is 18.4 Å². The summed E-state index contributed by atoms with van der Waals surface area (Å²) in [6, 6.07) is 8.50. The summed E-state index contributed by atoms with van der Waals surface area (Å²) in [6.07, 6.45) is 7.41. The van der Waals surface area contributed by atoms with Crippen LogP contribution in [0.4, 0.5) is 5.69 Å². The van der Waals surface area contributed by atoms with Crippen molar-refractivity contribution in [1.82, 2.24) is 5.06 Å². The van der Waals surface area contributed by atoms with E-state index in [1.165, 1.54) is 42.7 Å². The molecule has 1 heterocycles. The van der Waals surface area contributed by atoms with Gasteiger partial charge in [0.2, 0.25) is 5.96 Å². The molecule has 1 fully saturated rings. The number of hydrogen-bond donors (Lipinski definition) is 1. The normalized spacial score (nSPS) is 20.5. The van der Waals surface area contributed by atoms with Gasteiger partial charge < -0.3 is 5.32 Å². The molecule has 1 saturated carbocycles. The van der Waals surface area contributed by atoms with Gasteiger partial charge in [-0.2, -0.15) is 5.06 Å². The Balaban J connectivity index is 1.60. The van der Waals surface area contributed by atoms with Crippen molar-refractivity contribution in [1.29, 1.82) is 0 Å². The fraction of sp³-hybridized carbons (Fsp3) is 0.611. The van der Waals surface area contributed by atoms with Crippen LogP contribution in [0, 0.1) is 0 Å². The smallest absolute Gasteiger partial charge is 0.324 e. The lowest BCUT2D eigenvalue weighted by Crippen LogP contribution is -2.39. The minimum Gasteiger partial charge on any atom is -0.324 e. The molecule has 0 bridgehead atoms. The number of nitrogens with zero attached hydrogens (tertiary/aromatic N) is 2. The van der Waals surface area contributed by atoms with E-state index in [4.69, 9.17) is 20.7 Å². The van der Waals surface area contributed by atoms with Crippen molar-refractivity contribution in [2.24, 2.45) is 4.99 Å². The lowest BCUT2D eigenvalue weighted by atomic mass is 9.84. The van der Waals surface area contributed by atoms with Crippen LogP contribution in [0.3, 0.4) is 0 Å². The Morgan fingerprint density at radius 2 is 1.96 bits per heavy atom. The molecule has 26 heavy (non-hydrogen) atoms. The average Bonchev–Trinajstić information content (AvgIpc) is 2.64. The van der Waals surface area contributed by atoms with Crippen molar-refractivity contribution >= 4 is 31.5 Å². The largest absolute Gasteiger partial charge is 0.723 e. The molecule has 2 atom stereocenters. The molecule has 1 aliphatic heterocycles. The number of guanidine groups is 1. The Labute approximate surface area is 160 Å². The van der Waals surface area contributed by atoms with Gasteiger partial charge in [0, 0.05) is 21.4 Å². The van der Waals surface area contributed by atoms with Gasteiger partial charge in [-0.15, -0.1) is 0 Å². The summed E-state index contributed by atoms with van der Waals surface area (Å²) < 4.78 is 22.1. The monoisotopic (exact) mass is 398 g/mol. The van der Waals surface area contributed by atoms with Crippen molar-refractivity contribution in [2.45, 2.75) is 56.9 Å². The molecule has 8 heteroatoms. The summed E-state index contributed by atoms with van der Waals surface area (Å²) in [5.74, 6) is 1.22. The predicted molar refractivity (Wildman–Crippen MR) is 105 cm³/mol. The lowest BCUT2D eigenvalue weighted by molar-refractivity contribution is 0.00266. The van der Waals surface area contributed by atoms with Gasteiger partial charge in [0.25, 0.3) is 0 Å². The molecule has 3 rings (SSSR count). The molecule has 0 spiro atoms. The van der Waals surface area contributed by atoms with E-state index in [9.17, 15) is 4.57 Å². The summed E-state index contributed by atoms with van der Waals surface area (Å²) in [7, 11) is -2.33. The zero-order valence-corrected chi connectivity index (χ0v) is 16.7. The maximum atomic E-state index is 11.8. The second-order valence-corrected chi connectivity index (χ2v) is 8.13. The standard InChI is InChI=1S/C18H26ClN3O3P/c1-14(19)24-26(23)25-22-13-5-12-20-18(22)21-17-10-8-16(9-11-17)15-6-3-2-4-7-15/h8-11,14-15H,2-7,12-13H2,1H3,(H,20,21)/q+1. The average molecular weight is 399 g/mol. The van der Waals surface area contributed by atoms with Gasteiger partial charge in [0.1, 0.15) is 0 Å². The molecular weight excluding hydrogens is 373 g/mol. The number of hydroxylamine groups is 2. The molecule has 1 aliphatic carbocycles. The summed E-state index contributed by atoms with van der Waals surface area (Å²) in [5, 5.41) is 4.74. The van der Waals surface area contributed by atoms with Gasteiger partial charge in [-0.05, 0) is 49.8 Å². The van der Waals surface area contributed by atoms with Crippen LogP contribution in [-0.4, -0.2) is 29.7 Å². The van der Waals surface area contributed by atoms with Gasteiger partial charge in [0.05, 0.1) is 6.54 Å². The molecule has 0 aromatic heterocycles. The molecule has 142 valence electrons. The first-order valence-electron chi connectivity index (χ1n) is 9.27. The highest BCUT2D eigenvalue weighted by Gasteiger charge is 2.32. The maximum Gasteiger partial charge on any atom is 0.723 e. The molecule has 1 aromatic carbocycles. The quantitative estimate of drug-likeness (QED) is 0.513. The van der Waals surface area contributed by atoms with Crippen LogP contribution in [0.1, 0.15) is 56.9 Å². The number of rotatable bonds is 6. The van der Waals surface area contributed by atoms with Gasteiger partial charge in [-0.25, -0.2) is 0 Å². The SMILES string of the molecule is CC(Cl)O[P+](=O)ON1CCCN=C1Nc1ccc(C2CCCCC2)cc1. The number of benzene rings is 1. The highest BCUT2D eigenvalue weighted by Crippen LogP contribution is 2.33. The van der Waals surface area contributed by atoms with Crippen LogP contribution in [0.25, 0.3) is 0 Å². The van der Waals surface area contributed by atoms with Crippen LogP contribution >= 0.6 is 19.9 Å². The molecule has 6 nitrogen and oxygen atoms in total. The highest BCUT2D eigenvalue weighted by molar-refractivity contribution is 7.33. The molecule has 1 aromatic rings. The maximum absolute atomic E-state index is 11.8. The molecule has 2 aliphatic rings. The van der Waals surface area contributed by atoms with E-state index < -0.39 is 13.8 Å². The van der Waals surface area contributed by atoms with E-state index in [0.717, 1.165) is 12.1 Å². The first-order chi connectivity index (χ1) is 12.6. The third-order valence-electron chi connectivity index (χ3n) is 4.66. The van der Waals surface area contributed by atoms with Gasteiger partial charge >= 0.3 is 8.25 Å². The summed E-state index contributed by atoms with van der Waals surface area (Å²) in [5.41, 5.74) is 1.66. The van der Waals surface area contributed by atoms with Crippen molar-refractivity contribution < 1.29 is 13.7 Å². The summed E-state index contributed by atoms with van der Waals surface area (Å²) >= 11 is 5.68. The van der Waals surface area contributed by atoms with E-state index >= 15 is 0 Å². The number of nitrogens with one attached hydrogen (secondary N) is 1. The van der Waals surface area contributed by atoms with Gasteiger partial charge in [-0.1, -0.05) is 47.5 Å². The number of alkyl halides is 1. The fourth-order valence-electron chi connectivity index (χ4n) is 3.39. The van der Waals surface area contributed by atoms with Crippen LogP contribution in [-0.2, 0) is 13.7 Å². The topological polar surface area (TPSA) is 63.2 Å². The number of halogens is 1. The van der Waals surface area contributed by atoms with Crippen molar-refractivity contribution in [3.05, 3.63) is 29.8 Å². The first-order valence-corrected chi connectivity index (χ1v) is 10.8. The Kier molecular flexibility index (Phi) is 7.26. The zero-order valence-electron chi connectivity index (χ0n) is 15.1. The van der Waals surface area contributed by atoms with Gasteiger partial charge in [0.15, 0.2) is 5.56 Å². The molecule has 0 amide bonds. The minimum absolute atomic E-state index is 0.538. The highest BCUT2D eigenvalue weighted by atomic mass is 35.5. The van der Waals surface area contributed by atoms with E-state index in [2.05, 4.69) is 34.6 Å². The van der Waals surface area contributed by atoms with E-state index in [-0.39, 0.29) is 0 Å². The second-order valence-electron chi connectivity index (χ2n) is 6.70. The molecule has 0 radical (unpaired) electrons. The van der Waals surface area contributed by atoms with E-state index in [0.29, 0.717) is 25.0 Å². The van der Waals surface area contributed by atoms with E-state index in [1.807, 2.05) is 0 Å². The number of anilines is 1. The molecular formula is C18H26ClN3O3P+. The molecule has 1 N–H and O–H groups in total. The number of hydrogen-bond acceptors (Lipinski definition) is 6. The van der Waals surface area contributed by atoms with Gasteiger partial charge in [-0.3, -0.25) is 4.99 Å². The number of aliphatic imine (C=N–C) groups is 1. The minimum atomic E-state index is -2.33. The Bertz CT molecular complexity index is 633. The van der Waals surface area contributed by atoms with Crippen molar-refractivity contribution in [3.8, 4) is 0 Å². The Morgan fingerprint density at radius 1 is 1.23 bits per heavy atom. The third-order valence-corrected chi connectivity index (χ3v) is 5.69. The Hall–Kier alpha value is -1.20. The molecule has 0 saturated heterocycles. The fourth-order valence-corrected chi connectivity index (χ4v) is 4.18. The summed E-state index contributed by atoms with van der Waals surface area (Å²) in [4.78, 5) is 4.44. The first kappa shape index (κ1) is 19.6. The second kappa shape index (κ2) is 9.65. The van der Waals surface area contributed by atoms with Crippen molar-refractivity contribution in [3.63, 3.8) is 0 Å². The lowest BCUT2D eigenvalue weighted by Gasteiger charge is -2.24. The van der Waals surface area contributed by atoms with Crippen LogP contribution in [0.15, 0.2) is 29.3 Å². The van der Waals surface area contributed by atoms with Crippen LogP contribution in [0.5, 0.6) is 0 Å². The van der Waals surface area contributed by atoms with E-state index in [1.54, 1.807) is 6.92 Å². The zero-order chi connectivity index (χ0) is 18.4. The summed E-state index contributed by atoms with van der Waals surface area (Å²) in [6.45, 7) is 2.88. The molecule has 2 unspecified atom stereocenters. The Morgan fingerprint density at radius 3 is 2.65 bits per heavy atom. The van der Waals surface area contributed by atoms with Crippen LogP contribution in [0.2, 0.25) is 0 Å². The third kappa shape index (κ3) is 5.65. The van der Waals surface area contributed by atoms with Crippen LogP contribution < -0.4 is 5.32 Å².